The highest BCUT2D eigenvalue weighted by Crippen LogP contribution is 2.36. The lowest BCUT2D eigenvalue weighted by atomic mass is 9.74. The molecule has 0 spiro atoms. The molecule has 2 aliphatic heterocycles. The molecule has 0 radical (unpaired) electrons. The molecule has 0 fully saturated rings. The summed E-state index contributed by atoms with van der Waals surface area (Å²) in [7, 11) is 0. The third kappa shape index (κ3) is 1.36. The maximum atomic E-state index is 12.3. The number of hydrogen-bond donors (Lipinski definition) is 0. The molecule has 0 aromatic carbocycles. The monoisotopic (exact) mass is 243 g/mol. The minimum absolute atomic E-state index is 0.0142. The van der Waals surface area contributed by atoms with Crippen molar-refractivity contribution < 1.29 is 9.59 Å². The average Bonchev–Trinajstić information content (AvgIpc) is 2.67. The van der Waals surface area contributed by atoms with Crippen LogP contribution in [0.15, 0.2) is 26.2 Å². The van der Waals surface area contributed by atoms with Crippen molar-refractivity contribution in [2.24, 2.45) is 20.9 Å². The Morgan fingerprint density at radius 2 is 2.00 bits per heavy atom. The lowest BCUT2D eigenvalue weighted by molar-refractivity contribution is -0.128. The van der Waals surface area contributed by atoms with Gasteiger partial charge in [-0.2, -0.15) is 0 Å². The van der Waals surface area contributed by atoms with Crippen molar-refractivity contribution in [3.63, 3.8) is 0 Å². The largest absolute Gasteiger partial charge is 0.296 e. The molecular weight excluding hydrogens is 230 g/mol. The van der Waals surface area contributed by atoms with E-state index in [1.807, 2.05) is 0 Å². The van der Waals surface area contributed by atoms with E-state index in [1.54, 1.807) is 27.0 Å². The molecule has 1 aliphatic carbocycles. The van der Waals surface area contributed by atoms with E-state index < -0.39 is 11.5 Å². The first-order valence-corrected chi connectivity index (χ1v) is 5.91. The van der Waals surface area contributed by atoms with Crippen LogP contribution in [0.1, 0.15) is 27.2 Å². The van der Waals surface area contributed by atoms with Gasteiger partial charge in [0.25, 0.3) is 0 Å². The van der Waals surface area contributed by atoms with E-state index >= 15 is 0 Å². The van der Waals surface area contributed by atoms with Crippen LogP contribution in [0.5, 0.6) is 0 Å². The number of rotatable bonds is 0. The zero-order chi connectivity index (χ0) is 13.1. The Morgan fingerprint density at radius 3 is 2.72 bits per heavy atom. The predicted molar refractivity (Wildman–Crippen MR) is 68.3 cm³/mol. The quantitative estimate of drug-likeness (QED) is 0.640. The third-order valence-corrected chi connectivity index (χ3v) is 3.52. The highest BCUT2D eigenvalue weighted by atomic mass is 16.1. The smallest absolute Gasteiger partial charge is 0.184 e. The second-order valence-electron chi connectivity index (χ2n) is 5.28. The van der Waals surface area contributed by atoms with Crippen molar-refractivity contribution in [1.29, 1.82) is 0 Å². The molecule has 0 amide bonds. The summed E-state index contributed by atoms with van der Waals surface area (Å²) in [6, 6.07) is 0. The van der Waals surface area contributed by atoms with Gasteiger partial charge in [0, 0.05) is 18.2 Å². The van der Waals surface area contributed by atoms with Gasteiger partial charge in [-0.1, -0.05) is 0 Å². The molecule has 18 heavy (non-hydrogen) atoms. The Balaban J connectivity index is 2.22. The Labute approximate surface area is 104 Å². The molecule has 2 heterocycles. The first kappa shape index (κ1) is 11.2. The summed E-state index contributed by atoms with van der Waals surface area (Å²) in [5, 5.41) is 0. The summed E-state index contributed by atoms with van der Waals surface area (Å²) >= 11 is 0. The number of amidine groups is 1. The minimum Gasteiger partial charge on any atom is -0.296 e. The van der Waals surface area contributed by atoms with Gasteiger partial charge in [-0.05, 0) is 20.8 Å². The predicted octanol–water partition coefficient (Wildman–Crippen LogP) is 1.13. The van der Waals surface area contributed by atoms with Gasteiger partial charge in [-0.3, -0.25) is 14.6 Å². The topological polar surface area (TPSA) is 71.2 Å². The second kappa shape index (κ2) is 3.31. The highest BCUT2D eigenvalue weighted by Gasteiger charge is 2.45. The molecule has 1 atom stereocenters. The SMILES string of the molecule is CC1=NC2=C3C=NC(C)(C)C(=O)C3CC(=O)C2=N1. The molecule has 0 saturated heterocycles. The molecule has 0 saturated carbocycles. The zero-order valence-electron chi connectivity index (χ0n) is 10.5. The van der Waals surface area contributed by atoms with Gasteiger partial charge >= 0.3 is 0 Å². The van der Waals surface area contributed by atoms with Crippen molar-refractivity contribution in [2.75, 3.05) is 0 Å². The fourth-order valence-corrected chi connectivity index (χ4v) is 2.51. The van der Waals surface area contributed by atoms with E-state index in [1.165, 1.54) is 0 Å². The van der Waals surface area contributed by atoms with Crippen LogP contribution in [0.25, 0.3) is 0 Å². The fourth-order valence-electron chi connectivity index (χ4n) is 2.51. The molecular formula is C13H13N3O2. The Morgan fingerprint density at radius 1 is 1.28 bits per heavy atom. The number of Topliss-reactive ketones (excluding diaryl/α,β-unsaturated/α-hetero) is 2. The van der Waals surface area contributed by atoms with E-state index in [0.29, 0.717) is 17.2 Å². The maximum absolute atomic E-state index is 12.3. The van der Waals surface area contributed by atoms with Gasteiger partial charge in [-0.15, -0.1) is 0 Å². The molecule has 5 heteroatoms. The lowest BCUT2D eigenvalue weighted by Gasteiger charge is -2.32. The zero-order valence-corrected chi connectivity index (χ0v) is 10.5. The highest BCUT2D eigenvalue weighted by molar-refractivity contribution is 6.51. The number of aliphatic imine (C=N–C) groups is 3. The van der Waals surface area contributed by atoms with Gasteiger partial charge in [-0.25, -0.2) is 9.98 Å². The Bertz CT molecular complexity index is 606. The molecule has 0 aromatic rings. The molecule has 92 valence electrons. The second-order valence-corrected chi connectivity index (χ2v) is 5.28. The molecule has 0 bridgehead atoms. The average molecular weight is 243 g/mol. The summed E-state index contributed by atoms with van der Waals surface area (Å²) in [6.45, 7) is 5.28. The molecule has 0 aromatic heterocycles. The van der Waals surface area contributed by atoms with Crippen LogP contribution in [0.4, 0.5) is 0 Å². The number of fused-ring (bicyclic) bond motifs is 2. The number of ketones is 2. The summed E-state index contributed by atoms with van der Waals surface area (Å²) < 4.78 is 0. The summed E-state index contributed by atoms with van der Waals surface area (Å²) in [5.41, 5.74) is 0.926. The van der Waals surface area contributed by atoms with Crippen molar-refractivity contribution in [3.05, 3.63) is 11.3 Å². The van der Waals surface area contributed by atoms with Crippen molar-refractivity contribution >= 4 is 29.3 Å². The lowest BCUT2D eigenvalue weighted by Crippen LogP contribution is -2.44. The number of carbonyl (C=O) groups excluding carboxylic acids is 2. The van der Waals surface area contributed by atoms with E-state index in [-0.39, 0.29) is 18.0 Å². The van der Waals surface area contributed by atoms with Gasteiger partial charge in [0.1, 0.15) is 17.1 Å². The first-order valence-electron chi connectivity index (χ1n) is 5.91. The molecule has 5 nitrogen and oxygen atoms in total. The summed E-state index contributed by atoms with van der Waals surface area (Å²) in [4.78, 5) is 37.0. The Hall–Kier alpha value is -1.91. The van der Waals surface area contributed by atoms with Crippen molar-refractivity contribution in [2.45, 2.75) is 32.7 Å². The van der Waals surface area contributed by atoms with Gasteiger partial charge < -0.3 is 0 Å². The molecule has 1 unspecified atom stereocenters. The number of allylic oxidation sites excluding steroid dienone is 2. The van der Waals surface area contributed by atoms with Crippen molar-refractivity contribution in [3.8, 4) is 0 Å². The summed E-state index contributed by atoms with van der Waals surface area (Å²) in [5.74, 6) is 0.0410. The van der Waals surface area contributed by atoms with Crippen LogP contribution < -0.4 is 0 Å². The number of hydrogen-bond acceptors (Lipinski definition) is 5. The van der Waals surface area contributed by atoms with Gasteiger partial charge in [0.15, 0.2) is 11.6 Å². The van der Waals surface area contributed by atoms with Crippen LogP contribution >= 0.6 is 0 Å². The van der Waals surface area contributed by atoms with E-state index in [9.17, 15) is 9.59 Å². The Kier molecular flexibility index (Phi) is 2.06. The van der Waals surface area contributed by atoms with Gasteiger partial charge in [0.05, 0.1) is 11.6 Å². The maximum Gasteiger partial charge on any atom is 0.184 e. The normalized spacial score (nSPS) is 28.9. The minimum atomic E-state index is -0.749. The van der Waals surface area contributed by atoms with Crippen LogP contribution in [0.2, 0.25) is 0 Å². The number of carbonyl (C=O) groups is 2. The van der Waals surface area contributed by atoms with Crippen LogP contribution in [-0.4, -0.2) is 34.9 Å². The summed E-state index contributed by atoms with van der Waals surface area (Å²) in [6.07, 6.45) is 1.88. The first-order chi connectivity index (χ1) is 8.40. The number of nitrogens with zero attached hydrogens (tertiary/aromatic N) is 3. The third-order valence-electron chi connectivity index (χ3n) is 3.52. The molecule has 0 N–H and O–H groups in total. The van der Waals surface area contributed by atoms with E-state index in [4.69, 9.17) is 0 Å². The van der Waals surface area contributed by atoms with Crippen molar-refractivity contribution in [1.82, 2.24) is 0 Å². The van der Waals surface area contributed by atoms with Crippen LogP contribution in [0.3, 0.4) is 0 Å². The van der Waals surface area contributed by atoms with Crippen LogP contribution in [-0.2, 0) is 9.59 Å². The van der Waals surface area contributed by atoms with E-state index in [2.05, 4.69) is 15.0 Å². The van der Waals surface area contributed by atoms with E-state index in [0.717, 1.165) is 5.57 Å². The van der Waals surface area contributed by atoms with Crippen LogP contribution in [0, 0.1) is 5.92 Å². The molecule has 3 aliphatic rings. The fraction of sp³-hybridized carbons (Fsp3) is 0.462. The standard InChI is InChI=1S/C13H13N3O2/c1-6-15-10-8-5-14-13(2,3)12(18)7(8)4-9(17)11(10)16-6/h5,7H,4H2,1-3H3. The molecule has 3 rings (SSSR count). The van der Waals surface area contributed by atoms with Gasteiger partial charge in [0.2, 0.25) is 0 Å².